The van der Waals surface area contributed by atoms with Crippen LogP contribution in [0.5, 0.6) is 0 Å². The van der Waals surface area contributed by atoms with Gasteiger partial charge in [0, 0.05) is 18.6 Å². The van der Waals surface area contributed by atoms with Crippen molar-refractivity contribution in [1.82, 2.24) is 10.2 Å². The molecule has 129 valence electrons. The first-order valence-electron chi connectivity index (χ1n) is 8.32. The molecule has 1 aromatic carbocycles. The number of likely N-dealkylation sites (tertiary alicyclic amines) is 1. The third-order valence-electron chi connectivity index (χ3n) is 4.55. The molecule has 4 nitrogen and oxygen atoms in total. The van der Waals surface area contributed by atoms with Crippen LogP contribution in [0.3, 0.4) is 0 Å². The van der Waals surface area contributed by atoms with Crippen LogP contribution in [0.2, 0.25) is 0 Å². The van der Waals surface area contributed by atoms with Crippen molar-refractivity contribution >= 4 is 10.7 Å². The number of rotatable bonds is 7. The molecule has 23 heavy (non-hydrogen) atoms. The minimum Gasteiger partial charge on any atom is -0.307 e. The fraction of sp³-hybridized carbons (Fsp3) is 0.611. The highest BCUT2D eigenvalue weighted by molar-refractivity contribution is 7.71. The fourth-order valence-electron chi connectivity index (χ4n) is 3.06. The monoisotopic (exact) mass is 337 g/mol. The van der Waals surface area contributed by atoms with Crippen LogP contribution < -0.4 is 5.32 Å². The summed E-state index contributed by atoms with van der Waals surface area (Å²) in [6.07, 6.45) is 2.32. The molecular formula is C18H29N2O2S. The predicted octanol–water partition coefficient (Wildman–Crippen LogP) is 2.36. The van der Waals surface area contributed by atoms with Crippen LogP contribution in [0.1, 0.15) is 44.7 Å². The first-order chi connectivity index (χ1) is 10.9. The zero-order chi connectivity index (χ0) is 16.9. The lowest BCUT2D eigenvalue weighted by Crippen LogP contribution is -2.51. The predicted molar refractivity (Wildman–Crippen MR) is 96.0 cm³/mol. The number of nitrogens with zero attached hydrogens (tertiary/aromatic N) is 1. The van der Waals surface area contributed by atoms with Gasteiger partial charge in [0.25, 0.3) is 0 Å². The van der Waals surface area contributed by atoms with Crippen LogP contribution in [0.25, 0.3) is 0 Å². The van der Waals surface area contributed by atoms with Crippen molar-refractivity contribution < 1.29 is 8.42 Å². The summed E-state index contributed by atoms with van der Waals surface area (Å²) in [5.74, 6) is 1.60. The number of nitrogens with one attached hydrogen (secondary N) is 1. The summed E-state index contributed by atoms with van der Waals surface area (Å²) in [6.45, 7) is 10.9. The van der Waals surface area contributed by atoms with E-state index in [4.69, 9.17) is 0 Å². The molecule has 0 saturated carbocycles. The van der Waals surface area contributed by atoms with E-state index in [0.29, 0.717) is 0 Å². The molecular weight excluding hydrogens is 308 g/mol. The molecule has 1 fully saturated rings. The molecule has 0 aromatic heterocycles. The number of benzene rings is 1. The Hall–Kier alpha value is -0.910. The molecule has 1 radical (unpaired) electrons. The van der Waals surface area contributed by atoms with Crippen molar-refractivity contribution in [3.05, 3.63) is 41.3 Å². The van der Waals surface area contributed by atoms with Gasteiger partial charge in [-0.2, -0.15) is 0 Å². The molecule has 0 spiro atoms. The van der Waals surface area contributed by atoms with Gasteiger partial charge in [-0.15, -0.1) is 0 Å². The zero-order valence-corrected chi connectivity index (χ0v) is 15.4. The second-order valence-electron chi connectivity index (χ2n) is 7.20. The molecule has 1 aliphatic heterocycles. The molecule has 0 atom stereocenters. The maximum Gasteiger partial charge on any atom is 0.144 e. The normalized spacial score (nSPS) is 18.7. The van der Waals surface area contributed by atoms with E-state index >= 15 is 0 Å². The first kappa shape index (κ1) is 18.4. The highest BCUT2D eigenvalue weighted by Gasteiger charge is 2.29. The van der Waals surface area contributed by atoms with Gasteiger partial charge in [-0.1, -0.05) is 38.1 Å². The van der Waals surface area contributed by atoms with Crippen LogP contribution in [0.15, 0.2) is 24.3 Å². The van der Waals surface area contributed by atoms with Crippen molar-refractivity contribution in [2.24, 2.45) is 0 Å². The lowest BCUT2D eigenvalue weighted by atomic mass is 9.89. The van der Waals surface area contributed by atoms with Crippen molar-refractivity contribution in [3.8, 4) is 0 Å². The number of piperidine rings is 1. The summed E-state index contributed by atoms with van der Waals surface area (Å²) in [6, 6.07) is 7.87. The quantitative estimate of drug-likeness (QED) is 0.750. The van der Waals surface area contributed by atoms with Crippen LogP contribution >= 0.6 is 0 Å². The Morgan fingerprint density at radius 1 is 1.13 bits per heavy atom. The fourth-order valence-corrected chi connectivity index (χ4v) is 3.56. The molecule has 1 aromatic rings. The average molecular weight is 338 g/mol. The lowest BCUT2D eigenvalue weighted by molar-refractivity contribution is 0.149. The smallest absolute Gasteiger partial charge is 0.144 e. The Kier molecular flexibility index (Phi) is 6.62. The van der Waals surface area contributed by atoms with Crippen LogP contribution in [0, 0.1) is 5.92 Å². The topological polar surface area (TPSA) is 49.4 Å². The summed E-state index contributed by atoms with van der Waals surface area (Å²) in [5.41, 5.74) is 2.25. The van der Waals surface area contributed by atoms with E-state index in [1.807, 2.05) is 24.3 Å². The van der Waals surface area contributed by atoms with Crippen LogP contribution in [-0.2, 0) is 23.0 Å². The van der Waals surface area contributed by atoms with Crippen LogP contribution in [-0.4, -0.2) is 38.5 Å². The Morgan fingerprint density at radius 2 is 1.70 bits per heavy atom. The SMILES string of the molecule is C[C](C)CN1CCC(C)(NCc2ccc(C[SH](=O)=O)cc2)CC1. The maximum absolute atomic E-state index is 10.7. The standard InChI is InChI=1S/C18H29N2O2S/c1-15(2)13-20-10-8-18(3,9-11-20)19-12-16-4-6-17(7-5-16)14-23(21)22/h4-7,19,23H,8-14H2,1-3H3. The van der Waals surface area contributed by atoms with E-state index in [2.05, 4.69) is 31.0 Å². The second-order valence-corrected chi connectivity index (χ2v) is 8.19. The largest absolute Gasteiger partial charge is 0.307 e. The van der Waals surface area contributed by atoms with Gasteiger partial charge in [-0.05, 0) is 49.9 Å². The highest BCUT2D eigenvalue weighted by atomic mass is 32.2. The lowest BCUT2D eigenvalue weighted by Gasteiger charge is -2.40. The van der Waals surface area contributed by atoms with Gasteiger partial charge in [0.05, 0.1) is 5.75 Å². The molecule has 2 rings (SSSR count). The van der Waals surface area contributed by atoms with Crippen molar-refractivity contribution in [2.45, 2.75) is 51.4 Å². The molecule has 1 N–H and O–H groups in total. The first-order valence-corrected chi connectivity index (χ1v) is 9.69. The van der Waals surface area contributed by atoms with Gasteiger partial charge in [0.15, 0.2) is 0 Å². The summed E-state index contributed by atoms with van der Waals surface area (Å²) in [4.78, 5) is 2.53. The molecule has 0 amide bonds. The summed E-state index contributed by atoms with van der Waals surface area (Å²) < 4.78 is 21.5. The van der Waals surface area contributed by atoms with Gasteiger partial charge in [0.1, 0.15) is 10.7 Å². The maximum atomic E-state index is 10.7. The minimum absolute atomic E-state index is 0.129. The third-order valence-corrected chi connectivity index (χ3v) is 5.18. The second kappa shape index (κ2) is 8.27. The molecule has 5 heteroatoms. The van der Waals surface area contributed by atoms with E-state index < -0.39 is 10.7 Å². The molecule has 1 heterocycles. The number of thiol groups is 1. The summed E-state index contributed by atoms with van der Waals surface area (Å²) in [5, 5.41) is 3.70. The number of hydrogen-bond acceptors (Lipinski definition) is 4. The molecule has 1 aliphatic rings. The highest BCUT2D eigenvalue weighted by Crippen LogP contribution is 2.23. The third kappa shape index (κ3) is 6.24. The van der Waals surface area contributed by atoms with Gasteiger partial charge in [-0.25, -0.2) is 8.42 Å². The molecule has 1 saturated heterocycles. The molecule has 0 unspecified atom stereocenters. The Balaban J connectivity index is 1.81. The molecule has 0 bridgehead atoms. The minimum atomic E-state index is -2.35. The van der Waals surface area contributed by atoms with Crippen LogP contribution in [0.4, 0.5) is 0 Å². The Bertz CT molecular complexity index is 551. The number of hydrogen-bond donors (Lipinski definition) is 2. The average Bonchev–Trinajstić information content (AvgIpc) is 2.48. The summed E-state index contributed by atoms with van der Waals surface area (Å²) >= 11 is 0. The summed E-state index contributed by atoms with van der Waals surface area (Å²) in [7, 11) is -2.35. The van der Waals surface area contributed by atoms with Crippen molar-refractivity contribution in [1.29, 1.82) is 0 Å². The van der Waals surface area contributed by atoms with Gasteiger partial charge >= 0.3 is 0 Å². The zero-order valence-electron chi connectivity index (χ0n) is 14.5. The van der Waals surface area contributed by atoms with E-state index in [1.54, 1.807) is 0 Å². The van der Waals surface area contributed by atoms with E-state index in [-0.39, 0.29) is 11.3 Å². The van der Waals surface area contributed by atoms with E-state index in [0.717, 1.165) is 44.6 Å². The van der Waals surface area contributed by atoms with Crippen molar-refractivity contribution in [2.75, 3.05) is 19.6 Å². The van der Waals surface area contributed by atoms with Gasteiger partial charge in [0.2, 0.25) is 0 Å². The van der Waals surface area contributed by atoms with Gasteiger partial charge in [-0.3, -0.25) is 0 Å². The Labute approximate surface area is 142 Å². The van der Waals surface area contributed by atoms with Crippen molar-refractivity contribution in [3.63, 3.8) is 0 Å². The Morgan fingerprint density at radius 3 is 2.22 bits per heavy atom. The van der Waals surface area contributed by atoms with E-state index in [1.165, 1.54) is 11.5 Å². The van der Waals surface area contributed by atoms with E-state index in [9.17, 15) is 8.42 Å². The van der Waals surface area contributed by atoms with Gasteiger partial charge < -0.3 is 10.2 Å². The molecule has 0 aliphatic carbocycles.